The molecule has 0 atom stereocenters. The Labute approximate surface area is 144 Å². The average molecular weight is 377 g/mol. The molecule has 0 radical (unpaired) electrons. The molecule has 106 valence electrons. The van der Waals surface area contributed by atoms with E-state index in [2.05, 4.69) is 30.5 Å². The molecule has 0 fully saturated rings. The average Bonchev–Trinajstić information content (AvgIpc) is 3.08. The first-order valence-corrected chi connectivity index (χ1v) is 11.4. The molecule has 2 aliphatic rings. The van der Waals surface area contributed by atoms with Crippen molar-refractivity contribution in [1.29, 1.82) is 0 Å². The Balaban J connectivity index is 1.77. The van der Waals surface area contributed by atoms with Crippen molar-refractivity contribution >= 4 is 70.6 Å². The maximum atomic E-state index is 8.99. The number of fused-ring (bicyclic) bond motifs is 1. The monoisotopic (exact) mass is 376 g/mol. The van der Waals surface area contributed by atoms with Gasteiger partial charge in [0, 0.05) is 15.5 Å². The van der Waals surface area contributed by atoms with Gasteiger partial charge in [0.2, 0.25) is 0 Å². The molecule has 0 saturated carbocycles. The van der Waals surface area contributed by atoms with Crippen molar-refractivity contribution < 1.29 is 5.11 Å². The van der Waals surface area contributed by atoms with Gasteiger partial charge in [-0.2, -0.15) is 0 Å². The van der Waals surface area contributed by atoms with Crippen LogP contribution >= 0.6 is 70.6 Å². The van der Waals surface area contributed by atoms with Gasteiger partial charge in [0.15, 0.2) is 0 Å². The number of hydrogen-bond acceptors (Lipinski definition) is 7. The van der Waals surface area contributed by atoms with Gasteiger partial charge in [-0.15, -0.1) is 23.5 Å². The van der Waals surface area contributed by atoms with Gasteiger partial charge in [0.1, 0.15) is 0 Å². The van der Waals surface area contributed by atoms with E-state index >= 15 is 0 Å². The van der Waals surface area contributed by atoms with Crippen molar-refractivity contribution in [3.8, 4) is 0 Å². The van der Waals surface area contributed by atoms with E-state index in [1.165, 1.54) is 26.7 Å². The summed E-state index contributed by atoms with van der Waals surface area (Å²) in [5.74, 6) is 0.774. The lowest BCUT2D eigenvalue weighted by Crippen LogP contribution is -1.84. The Morgan fingerprint density at radius 3 is 2.15 bits per heavy atom. The van der Waals surface area contributed by atoms with Crippen molar-refractivity contribution in [2.75, 3.05) is 18.6 Å². The van der Waals surface area contributed by atoms with Crippen molar-refractivity contribution in [3.63, 3.8) is 0 Å². The molecule has 1 nitrogen and oxygen atoms in total. The Bertz CT molecular complexity index is 553. The van der Waals surface area contributed by atoms with Gasteiger partial charge in [-0.1, -0.05) is 59.2 Å². The van der Waals surface area contributed by atoms with Gasteiger partial charge < -0.3 is 5.11 Å². The van der Waals surface area contributed by atoms with Gasteiger partial charge in [-0.05, 0) is 18.4 Å². The van der Waals surface area contributed by atoms with Crippen molar-refractivity contribution in [2.45, 2.75) is 9.79 Å². The lowest BCUT2D eigenvalue weighted by Gasteiger charge is -2.01. The highest BCUT2D eigenvalue weighted by Crippen LogP contribution is 2.63. The number of thioether (sulfide) groups is 6. The molecule has 20 heavy (non-hydrogen) atoms. The normalized spacial score (nSPS) is 18.1. The summed E-state index contributed by atoms with van der Waals surface area (Å²) in [4.78, 5) is 2.73. The van der Waals surface area contributed by atoms with Crippen molar-refractivity contribution in [3.05, 3.63) is 41.2 Å². The van der Waals surface area contributed by atoms with E-state index in [1.54, 1.807) is 23.5 Å². The van der Waals surface area contributed by atoms with Crippen LogP contribution < -0.4 is 0 Å². The van der Waals surface area contributed by atoms with E-state index < -0.39 is 0 Å². The predicted octanol–water partition coefficient (Wildman–Crippen LogP) is 5.71. The summed E-state index contributed by atoms with van der Waals surface area (Å²) in [5, 5.41) is 8.99. The summed E-state index contributed by atoms with van der Waals surface area (Å²) < 4.78 is 5.50. The van der Waals surface area contributed by atoms with Gasteiger partial charge in [-0.3, -0.25) is 0 Å². The highest BCUT2D eigenvalue weighted by molar-refractivity contribution is 8.42. The third kappa shape index (κ3) is 3.39. The first kappa shape index (κ1) is 15.6. The van der Waals surface area contributed by atoms with Gasteiger partial charge in [0.05, 0.1) is 23.6 Å². The molecule has 0 amide bonds. The van der Waals surface area contributed by atoms with E-state index in [9.17, 15) is 0 Å². The van der Waals surface area contributed by atoms with Crippen LogP contribution in [0.5, 0.6) is 0 Å². The van der Waals surface area contributed by atoms with Crippen LogP contribution in [0.1, 0.15) is 0 Å². The number of rotatable bonds is 4. The fourth-order valence-electron chi connectivity index (χ4n) is 1.63. The number of benzene rings is 1. The molecule has 1 N–H and O–H groups in total. The minimum absolute atomic E-state index is 0.238. The second kappa shape index (κ2) is 7.35. The molecule has 0 bridgehead atoms. The Morgan fingerprint density at radius 2 is 1.55 bits per heavy atom. The smallest absolute Gasteiger partial charge is 0.0717 e. The topological polar surface area (TPSA) is 20.2 Å². The first-order chi connectivity index (χ1) is 9.81. The summed E-state index contributed by atoms with van der Waals surface area (Å²) in [6.45, 7) is 0.238. The van der Waals surface area contributed by atoms with Crippen LogP contribution in [0.3, 0.4) is 0 Å². The zero-order chi connectivity index (χ0) is 13.9. The molecule has 2 aliphatic heterocycles. The molecular weight excluding hydrogens is 365 g/mol. The van der Waals surface area contributed by atoms with Crippen LogP contribution in [0.25, 0.3) is 0 Å². The minimum Gasteiger partial charge on any atom is -0.396 e. The second-order valence-electron chi connectivity index (χ2n) is 3.78. The molecule has 1 aromatic rings. The van der Waals surface area contributed by atoms with E-state index in [0.29, 0.717) is 0 Å². The quantitative estimate of drug-likeness (QED) is 0.717. The maximum absolute atomic E-state index is 8.99. The van der Waals surface area contributed by atoms with Crippen LogP contribution in [-0.2, 0) is 0 Å². The lowest BCUT2D eigenvalue weighted by atomic mass is 10.4. The zero-order valence-corrected chi connectivity index (χ0v) is 15.5. The molecule has 7 heteroatoms. The predicted molar refractivity (Wildman–Crippen MR) is 100 cm³/mol. The van der Waals surface area contributed by atoms with Crippen LogP contribution in [0.15, 0.2) is 51.0 Å². The summed E-state index contributed by atoms with van der Waals surface area (Å²) in [6, 6.07) is 8.58. The fraction of sp³-hybridized carbons (Fsp3) is 0.231. The van der Waals surface area contributed by atoms with Crippen molar-refractivity contribution in [1.82, 2.24) is 0 Å². The standard InChI is InChI=1S/C13H12OS6/c1-15-10-11(16-7-6-14)20-13(19-10)12-17-8-4-2-3-5-9(8)18-12/h2-5,14H,6-7H2,1H3. The summed E-state index contributed by atoms with van der Waals surface area (Å²) >= 11 is 11.1. The molecule has 0 spiro atoms. The minimum atomic E-state index is 0.238. The number of aliphatic hydroxyl groups excluding tert-OH is 1. The third-order valence-electron chi connectivity index (χ3n) is 2.47. The second-order valence-corrected chi connectivity index (χ2v) is 10.9. The van der Waals surface area contributed by atoms with E-state index in [-0.39, 0.29) is 6.61 Å². The van der Waals surface area contributed by atoms with E-state index in [1.807, 2.05) is 47.0 Å². The summed E-state index contributed by atoms with van der Waals surface area (Å²) in [6.07, 6.45) is 2.12. The summed E-state index contributed by atoms with van der Waals surface area (Å²) in [5.41, 5.74) is 0. The SMILES string of the molecule is CSC1=C(SCCO)SC(=C2Sc3ccccc3S2)S1. The molecule has 0 unspecified atom stereocenters. The van der Waals surface area contributed by atoms with Crippen LogP contribution in [-0.4, -0.2) is 23.7 Å². The fourth-order valence-corrected chi connectivity index (χ4v) is 9.67. The molecule has 3 rings (SSSR count). The van der Waals surface area contributed by atoms with E-state index in [4.69, 9.17) is 5.11 Å². The van der Waals surface area contributed by atoms with Crippen LogP contribution in [0, 0.1) is 0 Å². The Morgan fingerprint density at radius 1 is 0.950 bits per heavy atom. The Hall–Kier alpha value is 0.760. The van der Waals surface area contributed by atoms with Crippen LogP contribution in [0.2, 0.25) is 0 Å². The molecule has 0 saturated heterocycles. The number of aliphatic hydroxyl groups is 1. The van der Waals surface area contributed by atoms with Gasteiger partial charge >= 0.3 is 0 Å². The van der Waals surface area contributed by atoms with E-state index in [0.717, 1.165) is 5.75 Å². The first-order valence-electron chi connectivity index (χ1n) is 5.88. The van der Waals surface area contributed by atoms with Gasteiger partial charge in [-0.25, -0.2) is 0 Å². The molecule has 2 heterocycles. The lowest BCUT2D eigenvalue weighted by molar-refractivity contribution is 0.322. The third-order valence-corrected chi connectivity index (χ3v) is 10.9. The molecule has 1 aromatic carbocycles. The van der Waals surface area contributed by atoms with Crippen molar-refractivity contribution in [2.24, 2.45) is 0 Å². The summed E-state index contributed by atoms with van der Waals surface area (Å²) in [7, 11) is 0. The number of hydrogen-bond donors (Lipinski definition) is 1. The highest BCUT2D eigenvalue weighted by Gasteiger charge is 2.28. The Kier molecular flexibility index (Phi) is 5.75. The maximum Gasteiger partial charge on any atom is 0.0717 e. The van der Waals surface area contributed by atoms with Gasteiger partial charge in [0.25, 0.3) is 0 Å². The zero-order valence-electron chi connectivity index (χ0n) is 10.6. The molecule has 0 aromatic heterocycles. The highest BCUT2D eigenvalue weighted by atomic mass is 32.3. The molecular formula is C13H12OS6. The largest absolute Gasteiger partial charge is 0.396 e. The molecule has 0 aliphatic carbocycles. The van der Waals surface area contributed by atoms with Crippen LogP contribution in [0.4, 0.5) is 0 Å².